The Labute approximate surface area is 153 Å². The minimum absolute atomic E-state index is 0.136. The largest absolute Gasteiger partial charge is 0.379 e. The number of rotatable bonds is 5. The number of carbonyl (C=O) groups is 1. The molecule has 9 nitrogen and oxygen atoms in total. The fourth-order valence-electron chi connectivity index (χ4n) is 2.50. The normalized spacial score (nSPS) is 16.5. The van der Waals surface area contributed by atoms with E-state index >= 15 is 0 Å². The first-order chi connectivity index (χ1) is 12.8. The first-order valence-corrected chi connectivity index (χ1v) is 8.85. The van der Waals surface area contributed by atoms with Crippen molar-refractivity contribution in [3.63, 3.8) is 0 Å². The number of carbonyl (C=O) groups excluding carboxylic acids is 1. The first-order valence-electron chi connectivity index (χ1n) is 8.03. The molecule has 0 aliphatic carbocycles. The number of nitrogens with zero attached hydrogens (tertiary/aromatic N) is 6. The second-order valence-electron chi connectivity index (χ2n) is 5.60. The van der Waals surface area contributed by atoms with E-state index in [1.54, 1.807) is 16.8 Å². The van der Waals surface area contributed by atoms with Gasteiger partial charge in [-0.15, -0.1) is 15.3 Å². The van der Waals surface area contributed by atoms with E-state index < -0.39 is 0 Å². The molecule has 4 rings (SSSR count). The van der Waals surface area contributed by atoms with Gasteiger partial charge in [-0.3, -0.25) is 4.79 Å². The van der Waals surface area contributed by atoms with Gasteiger partial charge in [0.1, 0.15) is 5.03 Å². The highest BCUT2D eigenvalue weighted by molar-refractivity contribution is 7.99. The average Bonchev–Trinajstić information content (AvgIpc) is 3.34. The lowest BCUT2D eigenvalue weighted by atomic mass is 10.3. The Hall–Kier alpha value is -2.85. The summed E-state index contributed by atoms with van der Waals surface area (Å²) in [4.78, 5) is 12.2. The molecule has 1 atom stereocenters. The summed E-state index contributed by atoms with van der Waals surface area (Å²) in [6.07, 6.45) is 0.878. The van der Waals surface area contributed by atoms with Crippen LogP contribution in [0.5, 0.6) is 0 Å². The predicted molar refractivity (Wildman–Crippen MR) is 92.8 cm³/mol. The van der Waals surface area contributed by atoms with Crippen molar-refractivity contribution >= 4 is 23.4 Å². The maximum absolute atomic E-state index is 12.2. The molecule has 26 heavy (non-hydrogen) atoms. The Balaban J connectivity index is 1.43. The van der Waals surface area contributed by atoms with Crippen LogP contribution < -0.4 is 5.32 Å². The standard InChI is InChI=1S/C16H15N7O2S/c24-15(17-11-4-2-1-3-5-11)13-6-7-14(19-18-13)26-16-20-21-22-23(16)12-8-9-25-10-12/h1-7,12H,8-10H2,(H,17,24). The number of hydrogen-bond donors (Lipinski definition) is 1. The number of para-hydroxylation sites is 1. The first kappa shape index (κ1) is 16.6. The molecule has 1 saturated heterocycles. The van der Waals surface area contributed by atoms with Crippen molar-refractivity contribution in [3.8, 4) is 0 Å². The van der Waals surface area contributed by atoms with E-state index in [0.717, 1.165) is 6.42 Å². The molecule has 3 heterocycles. The van der Waals surface area contributed by atoms with Gasteiger partial charge >= 0.3 is 0 Å². The van der Waals surface area contributed by atoms with Gasteiger partial charge < -0.3 is 10.1 Å². The summed E-state index contributed by atoms with van der Waals surface area (Å²) in [7, 11) is 0. The number of amides is 1. The summed E-state index contributed by atoms with van der Waals surface area (Å²) in [6, 6.07) is 12.7. The number of ether oxygens (including phenoxy) is 1. The van der Waals surface area contributed by atoms with Gasteiger partial charge in [0, 0.05) is 12.3 Å². The van der Waals surface area contributed by atoms with Crippen molar-refractivity contribution in [2.75, 3.05) is 18.5 Å². The molecular weight excluding hydrogens is 354 g/mol. The number of nitrogens with one attached hydrogen (secondary N) is 1. The molecular formula is C16H15N7O2S. The van der Waals surface area contributed by atoms with Crippen LogP contribution in [0.2, 0.25) is 0 Å². The van der Waals surface area contributed by atoms with E-state index in [4.69, 9.17) is 4.74 Å². The molecule has 0 saturated carbocycles. The highest BCUT2D eigenvalue weighted by Crippen LogP contribution is 2.27. The second-order valence-corrected chi connectivity index (χ2v) is 6.59. The molecule has 1 aliphatic heterocycles. The predicted octanol–water partition coefficient (Wildman–Crippen LogP) is 1.83. The van der Waals surface area contributed by atoms with Crippen LogP contribution in [0.1, 0.15) is 23.0 Å². The van der Waals surface area contributed by atoms with Crippen molar-refractivity contribution in [1.29, 1.82) is 0 Å². The van der Waals surface area contributed by atoms with Crippen LogP contribution >= 0.6 is 11.8 Å². The molecule has 1 fully saturated rings. The minimum Gasteiger partial charge on any atom is -0.379 e. The van der Waals surface area contributed by atoms with Gasteiger partial charge in [-0.25, -0.2) is 4.68 Å². The fourth-order valence-corrected chi connectivity index (χ4v) is 3.26. The molecule has 1 unspecified atom stereocenters. The van der Waals surface area contributed by atoms with Crippen LogP contribution in [-0.4, -0.2) is 49.5 Å². The number of aromatic nitrogens is 6. The van der Waals surface area contributed by atoms with Crippen LogP contribution in [0.25, 0.3) is 0 Å². The van der Waals surface area contributed by atoms with E-state index in [1.165, 1.54) is 11.8 Å². The Morgan fingerprint density at radius 3 is 2.77 bits per heavy atom. The third-order valence-corrected chi connectivity index (χ3v) is 4.69. The van der Waals surface area contributed by atoms with Gasteiger partial charge in [-0.1, -0.05) is 18.2 Å². The van der Waals surface area contributed by atoms with Crippen molar-refractivity contribution in [3.05, 3.63) is 48.2 Å². The molecule has 1 amide bonds. The number of tetrazole rings is 1. The number of hydrogen-bond acceptors (Lipinski definition) is 8. The Bertz CT molecular complexity index is 879. The Morgan fingerprint density at radius 2 is 2.04 bits per heavy atom. The monoisotopic (exact) mass is 369 g/mol. The van der Waals surface area contributed by atoms with E-state index in [9.17, 15) is 4.79 Å². The van der Waals surface area contributed by atoms with Gasteiger partial charge in [-0.05, 0) is 52.9 Å². The zero-order valence-corrected chi connectivity index (χ0v) is 14.5. The van der Waals surface area contributed by atoms with Crippen molar-refractivity contribution in [2.24, 2.45) is 0 Å². The Morgan fingerprint density at radius 1 is 1.15 bits per heavy atom. The molecule has 2 aromatic heterocycles. The molecule has 0 radical (unpaired) electrons. The van der Waals surface area contributed by atoms with Crippen LogP contribution in [0.3, 0.4) is 0 Å². The third kappa shape index (κ3) is 3.70. The molecule has 0 spiro atoms. The van der Waals surface area contributed by atoms with Crippen LogP contribution in [0.4, 0.5) is 5.69 Å². The topological polar surface area (TPSA) is 108 Å². The third-order valence-electron chi connectivity index (χ3n) is 3.81. The van der Waals surface area contributed by atoms with Gasteiger partial charge in [0.25, 0.3) is 5.91 Å². The van der Waals surface area contributed by atoms with Gasteiger partial charge in [0.05, 0.1) is 12.6 Å². The summed E-state index contributed by atoms with van der Waals surface area (Å²) in [6.45, 7) is 1.31. The molecule has 0 bridgehead atoms. The summed E-state index contributed by atoms with van der Waals surface area (Å²) in [5.74, 6) is -0.312. The zero-order valence-electron chi connectivity index (χ0n) is 13.6. The lowest BCUT2D eigenvalue weighted by Gasteiger charge is -2.09. The maximum atomic E-state index is 12.2. The van der Waals surface area contributed by atoms with E-state index in [0.29, 0.717) is 29.1 Å². The lowest BCUT2D eigenvalue weighted by molar-refractivity contribution is 0.102. The smallest absolute Gasteiger partial charge is 0.276 e. The quantitative estimate of drug-likeness (QED) is 0.726. The summed E-state index contributed by atoms with van der Waals surface area (Å²) in [5.41, 5.74) is 0.942. The van der Waals surface area contributed by atoms with Crippen molar-refractivity contribution < 1.29 is 9.53 Å². The minimum atomic E-state index is -0.312. The zero-order chi connectivity index (χ0) is 17.8. The fraction of sp³-hybridized carbons (Fsp3) is 0.250. The van der Waals surface area contributed by atoms with Gasteiger partial charge in [0.2, 0.25) is 5.16 Å². The van der Waals surface area contributed by atoms with E-state index in [2.05, 4.69) is 31.0 Å². The molecule has 1 N–H and O–H groups in total. The van der Waals surface area contributed by atoms with Crippen LogP contribution in [0.15, 0.2) is 52.6 Å². The second kappa shape index (κ2) is 7.58. The summed E-state index contributed by atoms with van der Waals surface area (Å²) >= 11 is 1.30. The van der Waals surface area contributed by atoms with Crippen LogP contribution in [-0.2, 0) is 4.74 Å². The van der Waals surface area contributed by atoms with E-state index in [-0.39, 0.29) is 17.6 Å². The summed E-state index contributed by atoms with van der Waals surface area (Å²) in [5, 5.41) is 23.9. The van der Waals surface area contributed by atoms with Crippen molar-refractivity contribution in [2.45, 2.75) is 22.6 Å². The Kier molecular flexibility index (Phi) is 4.84. The highest BCUT2D eigenvalue weighted by atomic mass is 32.2. The molecule has 10 heteroatoms. The van der Waals surface area contributed by atoms with Crippen LogP contribution in [0, 0.1) is 0 Å². The van der Waals surface area contributed by atoms with Crippen molar-refractivity contribution in [1.82, 2.24) is 30.4 Å². The van der Waals surface area contributed by atoms with E-state index in [1.807, 2.05) is 30.3 Å². The molecule has 1 aromatic carbocycles. The number of anilines is 1. The molecule has 132 valence electrons. The van der Waals surface area contributed by atoms with Gasteiger partial charge in [0.15, 0.2) is 5.69 Å². The summed E-state index contributed by atoms with van der Waals surface area (Å²) < 4.78 is 7.12. The highest BCUT2D eigenvalue weighted by Gasteiger charge is 2.23. The maximum Gasteiger partial charge on any atom is 0.276 e. The molecule has 1 aliphatic rings. The number of benzene rings is 1. The lowest BCUT2D eigenvalue weighted by Crippen LogP contribution is -2.14. The average molecular weight is 369 g/mol. The van der Waals surface area contributed by atoms with Gasteiger partial charge in [-0.2, -0.15) is 0 Å². The molecule has 3 aromatic rings. The SMILES string of the molecule is O=C(Nc1ccccc1)c1ccc(Sc2nnnn2C2CCOC2)nn1.